The van der Waals surface area contributed by atoms with Crippen LogP contribution in [0.15, 0.2) is 0 Å². The first-order chi connectivity index (χ1) is 8.98. The van der Waals surface area contributed by atoms with E-state index in [1.54, 1.807) is 0 Å². The lowest BCUT2D eigenvalue weighted by Crippen LogP contribution is -2.32. The zero-order valence-corrected chi connectivity index (χ0v) is 11.8. The van der Waals surface area contributed by atoms with Crippen LogP contribution in [0.4, 0.5) is 11.9 Å². The first-order valence-corrected chi connectivity index (χ1v) is 6.64. The fourth-order valence-corrected chi connectivity index (χ4v) is 1.97. The summed E-state index contributed by atoms with van der Waals surface area (Å²) in [6.07, 6.45) is 3.58. The van der Waals surface area contributed by atoms with Gasteiger partial charge >= 0.3 is 6.01 Å². The number of nitrogens with one attached hydrogen (secondary N) is 1. The van der Waals surface area contributed by atoms with Crippen LogP contribution in [0.2, 0.25) is 0 Å². The van der Waals surface area contributed by atoms with E-state index in [-0.39, 0.29) is 5.60 Å². The molecular formula is C12H22N6O. The van der Waals surface area contributed by atoms with Gasteiger partial charge in [0.25, 0.3) is 0 Å². The van der Waals surface area contributed by atoms with Gasteiger partial charge in [-0.1, -0.05) is 0 Å². The zero-order valence-electron chi connectivity index (χ0n) is 11.8. The molecule has 1 aromatic rings. The van der Waals surface area contributed by atoms with Crippen LogP contribution in [0.25, 0.3) is 0 Å². The van der Waals surface area contributed by atoms with Crippen LogP contribution in [0, 0.1) is 0 Å². The molecule has 0 spiro atoms. The van der Waals surface area contributed by atoms with Crippen LogP contribution in [-0.2, 0) is 0 Å². The fraction of sp³-hybridized carbons (Fsp3) is 0.750. The van der Waals surface area contributed by atoms with E-state index < -0.39 is 0 Å². The second kappa shape index (κ2) is 5.56. The van der Waals surface area contributed by atoms with Crippen LogP contribution in [0.3, 0.4) is 0 Å². The first kappa shape index (κ1) is 13.8. The Morgan fingerprint density at radius 1 is 1.11 bits per heavy atom. The van der Waals surface area contributed by atoms with Crippen LogP contribution in [-0.4, -0.2) is 33.6 Å². The molecule has 0 aliphatic carbocycles. The Hall–Kier alpha value is -1.63. The molecule has 0 amide bonds. The minimum absolute atomic E-state index is 0.302. The van der Waals surface area contributed by atoms with Crippen molar-refractivity contribution in [3.8, 4) is 6.01 Å². The number of rotatable bonds is 3. The third-order valence-corrected chi connectivity index (χ3v) is 2.77. The summed E-state index contributed by atoms with van der Waals surface area (Å²) in [5.41, 5.74) is 2.11. The predicted molar refractivity (Wildman–Crippen MR) is 74.1 cm³/mol. The summed E-state index contributed by atoms with van der Waals surface area (Å²) in [6, 6.07) is 0.302. The molecule has 1 saturated heterocycles. The number of aromatic nitrogens is 3. The van der Waals surface area contributed by atoms with Crippen molar-refractivity contribution in [1.82, 2.24) is 15.0 Å². The second-order valence-electron chi connectivity index (χ2n) is 5.65. The summed E-state index contributed by atoms with van der Waals surface area (Å²) in [7, 11) is 0. The van der Waals surface area contributed by atoms with Crippen LogP contribution < -0.4 is 20.9 Å². The van der Waals surface area contributed by atoms with Crippen molar-refractivity contribution in [1.29, 1.82) is 0 Å². The fourth-order valence-electron chi connectivity index (χ4n) is 1.97. The number of piperidine rings is 1. The van der Waals surface area contributed by atoms with Gasteiger partial charge in [0.15, 0.2) is 0 Å². The highest BCUT2D eigenvalue weighted by atomic mass is 16.5. The first-order valence-electron chi connectivity index (χ1n) is 6.64. The Morgan fingerprint density at radius 2 is 1.79 bits per heavy atom. The molecule has 0 saturated carbocycles. The molecule has 0 radical (unpaired) electrons. The van der Waals surface area contributed by atoms with Crippen molar-refractivity contribution in [3.05, 3.63) is 0 Å². The second-order valence-corrected chi connectivity index (χ2v) is 5.65. The van der Waals surface area contributed by atoms with Crippen molar-refractivity contribution in [2.45, 2.75) is 45.6 Å². The number of nitrogens with two attached hydrogens (primary N) is 1. The average Bonchev–Trinajstić information content (AvgIpc) is 2.37. The van der Waals surface area contributed by atoms with E-state index in [1.807, 2.05) is 20.8 Å². The van der Waals surface area contributed by atoms with Crippen molar-refractivity contribution in [2.75, 3.05) is 23.4 Å². The molecule has 7 nitrogen and oxygen atoms in total. The molecule has 0 bridgehead atoms. The number of nitrogens with zero attached hydrogens (tertiary/aromatic N) is 4. The summed E-state index contributed by atoms with van der Waals surface area (Å²) in [5, 5.41) is 0. The van der Waals surface area contributed by atoms with Gasteiger partial charge in [0.05, 0.1) is 0 Å². The maximum absolute atomic E-state index is 5.69. The molecule has 2 heterocycles. The van der Waals surface area contributed by atoms with Gasteiger partial charge in [0.1, 0.15) is 5.60 Å². The molecule has 1 aliphatic rings. The molecule has 0 atom stereocenters. The van der Waals surface area contributed by atoms with E-state index in [4.69, 9.17) is 10.6 Å². The van der Waals surface area contributed by atoms with E-state index in [0.717, 1.165) is 25.9 Å². The van der Waals surface area contributed by atoms with Gasteiger partial charge in [0, 0.05) is 13.1 Å². The maximum Gasteiger partial charge on any atom is 0.323 e. The Bertz CT molecular complexity index is 425. The number of nitrogen functional groups attached to an aromatic ring is 1. The minimum atomic E-state index is -0.355. The Labute approximate surface area is 113 Å². The van der Waals surface area contributed by atoms with Crippen LogP contribution in [0.5, 0.6) is 6.01 Å². The van der Waals surface area contributed by atoms with Crippen molar-refractivity contribution < 1.29 is 4.74 Å². The van der Waals surface area contributed by atoms with Gasteiger partial charge in [-0.2, -0.15) is 15.0 Å². The van der Waals surface area contributed by atoms with E-state index in [2.05, 4.69) is 25.3 Å². The van der Waals surface area contributed by atoms with Crippen LogP contribution >= 0.6 is 0 Å². The number of hydrogen-bond acceptors (Lipinski definition) is 7. The van der Waals surface area contributed by atoms with Gasteiger partial charge < -0.3 is 9.64 Å². The number of ether oxygens (including phenoxy) is 1. The van der Waals surface area contributed by atoms with Crippen molar-refractivity contribution >= 4 is 11.9 Å². The molecule has 3 N–H and O–H groups in total. The SMILES string of the molecule is CC(C)(C)Oc1nc(NN)nc(N2CCCCC2)n1. The summed E-state index contributed by atoms with van der Waals surface area (Å²) in [6.45, 7) is 7.78. The lowest BCUT2D eigenvalue weighted by atomic mass is 10.1. The number of anilines is 2. The standard InChI is InChI=1S/C12H22N6O/c1-12(2,3)19-11-15-9(17-13)14-10(16-11)18-7-5-4-6-8-18/h4-8,13H2,1-3H3,(H,14,15,16,17). The highest BCUT2D eigenvalue weighted by molar-refractivity contribution is 5.38. The smallest absolute Gasteiger partial charge is 0.323 e. The molecule has 7 heteroatoms. The molecule has 1 fully saturated rings. The Balaban J connectivity index is 2.24. The summed E-state index contributed by atoms with van der Waals surface area (Å²) in [5.74, 6) is 6.36. The Kier molecular flexibility index (Phi) is 4.04. The van der Waals surface area contributed by atoms with E-state index in [9.17, 15) is 0 Å². The normalized spacial score (nSPS) is 16.3. The average molecular weight is 266 g/mol. The number of hydrogen-bond donors (Lipinski definition) is 2. The molecule has 1 aliphatic heterocycles. The van der Waals surface area contributed by atoms with Gasteiger partial charge in [-0.25, -0.2) is 5.84 Å². The summed E-state index contributed by atoms with van der Waals surface area (Å²) >= 11 is 0. The Morgan fingerprint density at radius 3 is 2.37 bits per heavy atom. The minimum Gasteiger partial charge on any atom is -0.458 e. The van der Waals surface area contributed by atoms with Gasteiger partial charge in [-0.3, -0.25) is 5.43 Å². The quantitative estimate of drug-likeness (QED) is 0.630. The van der Waals surface area contributed by atoms with E-state index in [1.165, 1.54) is 6.42 Å². The molecule has 106 valence electrons. The van der Waals surface area contributed by atoms with Gasteiger partial charge in [0.2, 0.25) is 11.9 Å². The monoisotopic (exact) mass is 266 g/mol. The van der Waals surface area contributed by atoms with Crippen molar-refractivity contribution in [3.63, 3.8) is 0 Å². The molecule has 2 rings (SSSR count). The molecular weight excluding hydrogens is 244 g/mol. The highest BCUT2D eigenvalue weighted by Crippen LogP contribution is 2.21. The van der Waals surface area contributed by atoms with E-state index >= 15 is 0 Å². The predicted octanol–water partition coefficient (Wildman–Crippen LogP) is 1.32. The number of hydrazine groups is 1. The summed E-state index contributed by atoms with van der Waals surface area (Å²) in [4.78, 5) is 14.9. The van der Waals surface area contributed by atoms with Gasteiger partial charge in [-0.05, 0) is 40.0 Å². The van der Waals surface area contributed by atoms with Gasteiger partial charge in [-0.15, -0.1) is 0 Å². The topological polar surface area (TPSA) is 89.2 Å². The zero-order chi connectivity index (χ0) is 13.9. The molecule has 1 aromatic heterocycles. The lowest BCUT2D eigenvalue weighted by molar-refractivity contribution is 0.117. The van der Waals surface area contributed by atoms with E-state index in [0.29, 0.717) is 17.9 Å². The molecule has 0 aromatic carbocycles. The highest BCUT2D eigenvalue weighted by Gasteiger charge is 2.19. The third-order valence-electron chi connectivity index (χ3n) is 2.77. The largest absolute Gasteiger partial charge is 0.458 e. The molecule has 0 unspecified atom stereocenters. The summed E-state index contributed by atoms with van der Waals surface area (Å²) < 4.78 is 5.69. The van der Waals surface area contributed by atoms with Crippen LogP contribution in [0.1, 0.15) is 40.0 Å². The lowest BCUT2D eigenvalue weighted by Gasteiger charge is -2.27. The maximum atomic E-state index is 5.69. The third kappa shape index (κ3) is 3.92. The molecule has 19 heavy (non-hydrogen) atoms. The van der Waals surface area contributed by atoms with Crippen molar-refractivity contribution in [2.24, 2.45) is 5.84 Å².